The van der Waals surface area contributed by atoms with Gasteiger partial charge in [0, 0.05) is 36.1 Å². The molecule has 3 heterocycles. The van der Waals surface area contributed by atoms with E-state index >= 15 is 0 Å². The zero-order valence-corrected chi connectivity index (χ0v) is 21.5. The van der Waals surface area contributed by atoms with Gasteiger partial charge in [-0.15, -0.1) is 11.8 Å². The Bertz CT molecular complexity index is 1130. The number of pyridine rings is 1. The third-order valence-electron chi connectivity index (χ3n) is 4.85. The van der Waals surface area contributed by atoms with Gasteiger partial charge in [-0.05, 0) is 52.9 Å². The van der Waals surface area contributed by atoms with Crippen LogP contribution in [0.1, 0.15) is 5.56 Å². The first-order valence-electron chi connectivity index (χ1n) is 9.18. The van der Waals surface area contributed by atoms with Gasteiger partial charge in [0.15, 0.2) is 12.0 Å². The van der Waals surface area contributed by atoms with Crippen molar-refractivity contribution in [2.24, 2.45) is 7.05 Å². The lowest BCUT2D eigenvalue weighted by Gasteiger charge is -2.22. The van der Waals surface area contributed by atoms with Crippen LogP contribution in [-0.4, -0.2) is 33.6 Å². The Labute approximate surface area is 202 Å². The first-order chi connectivity index (χ1) is 14.8. The minimum Gasteiger partial charge on any atom is -0.356 e. The third-order valence-corrected chi connectivity index (χ3v) is 8.06. The second-order valence-electron chi connectivity index (χ2n) is 6.94. The maximum atomic E-state index is 13.6. The molecule has 6 nitrogen and oxygen atoms in total. The molecule has 1 aliphatic rings. The number of fused-ring (bicyclic) bond motifs is 1. The van der Waals surface area contributed by atoms with Crippen molar-refractivity contribution in [1.29, 1.82) is 0 Å². The molecule has 2 aromatic heterocycles. The number of alkyl halides is 2. The Morgan fingerprint density at radius 1 is 1.32 bits per heavy atom. The lowest BCUT2D eigenvalue weighted by Crippen LogP contribution is -2.35. The molecular weight excluding hydrogens is 576 g/mol. The molecule has 0 saturated heterocycles. The number of hydrogen-bond acceptors (Lipinski definition) is 6. The van der Waals surface area contributed by atoms with Crippen molar-refractivity contribution in [3.05, 3.63) is 41.2 Å². The molecule has 0 aliphatic carbocycles. The number of aryl methyl sites for hydroxylation is 2. The molecule has 1 aliphatic heterocycles. The number of halogens is 4. The molecule has 31 heavy (non-hydrogen) atoms. The SMILES string of the molecule is CSc1cc(-c2nn(C)cc2C)ccc1Nc1cc(Cl)nc2c1NC(C(F)F)N2PI. The van der Waals surface area contributed by atoms with Crippen molar-refractivity contribution in [2.45, 2.75) is 24.4 Å². The van der Waals surface area contributed by atoms with Crippen LogP contribution in [0.5, 0.6) is 0 Å². The average molecular weight is 595 g/mol. The van der Waals surface area contributed by atoms with Gasteiger partial charge in [0.2, 0.25) is 0 Å². The number of nitrogens with one attached hydrogen (secondary N) is 2. The van der Waals surface area contributed by atoms with Gasteiger partial charge in [-0.2, -0.15) is 5.10 Å². The van der Waals surface area contributed by atoms with E-state index in [1.165, 1.54) is 0 Å². The quantitative estimate of drug-likeness (QED) is 0.144. The largest absolute Gasteiger partial charge is 0.356 e. The highest BCUT2D eigenvalue weighted by Crippen LogP contribution is 2.49. The van der Waals surface area contributed by atoms with Gasteiger partial charge >= 0.3 is 0 Å². The zero-order valence-electron chi connectivity index (χ0n) is 16.8. The fraction of sp³-hybridized carbons (Fsp3) is 0.263. The molecule has 12 heteroatoms. The van der Waals surface area contributed by atoms with Gasteiger partial charge in [0.25, 0.3) is 6.43 Å². The van der Waals surface area contributed by atoms with Gasteiger partial charge in [0.1, 0.15) is 10.8 Å². The lowest BCUT2D eigenvalue weighted by molar-refractivity contribution is 0.130. The molecule has 1 aromatic carbocycles. The molecule has 164 valence electrons. The molecule has 0 fully saturated rings. The summed E-state index contributed by atoms with van der Waals surface area (Å²) in [5.74, 6) is 0.430. The topological polar surface area (TPSA) is 58.0 Å². The van der Waals surface area contributed by atoms with Gasteiger partial charge < -0.3 is 15.3 Å². The molecule has 0 radical (unpaired) electrons. The second-order valence-corrected chi connectivity index (χ2v) is 10.3. The fourth-order valence-corrected chi connectivity index (χ4v) is 6.39. The van der Waals surface area contributed by atoms with Crippen LogP contribution >= 0.6 is 51.8 Å². The van der Waals surface area contributed by atoms with Crippen LogP contribution in [0.15, 0.2) is 35.4 Å². The van der Waals surface area contributed by atoms with Crippen molar-refractivity contribution < 1.29 is 8.78 Å². The number of anilines is 4. The number of rotatable bonds is 6. The Balaban J connectivity index is 1.71. The molecule has 0 amide bonds. The number of hydrogen-bond donors (Lipinski definition) is 2. The normalized spacial score (nSPS) is 15.7. The predicted octanol–water partition coefficient (Wildman–Crippen LogP) is 6.68. The van der Waals surface area contributed by atoms with Crippen molar-refractivity contribution >= 4 is 74.7 Å². The van der Waals surface area contributed by atoms with E-state index in [-0.39, 0.29) is 11.5 Å². The summed E-state index contributed by atoms with van der Waals surface area (Å²) in [6, 6.07) is 7.68. The van der Waals surface area contributed by atoms with E-state index in [4.69, 9.17) is 11.6 Å². The first-order valence-corrected chi connectivity index (χ1v) is 14.8. The monoisotopic (exact) mass is 594 g/mol. The Morgan fingerprint density at radius 2 is 2.10 bits per heavy atom. The second kappa shape index (κ2) is 9.25. The van der Waals surface area contributed by atoms with E-state index in [1.54, 1.807) is 27.2 Å². The first kappa shape index (κ1) is 22.8. The average Bonchev–Trinajstić information content (AvgIpc) is 3.27. The van der Waals surface area contributed by atoms with Gasteiger partial charge in [-0.25, -0.2) is 13.8 Å². The van der Waals surface area contributed by atoms with Gasteiger partial charge in [0.05, 0.1) is 17.1 Å². The number of nitrogens with zero attached hydrogens (tertiary/aromatic N) is 4. The summed E-state index contributed by atoms with van der Waals surface area (Å²) in [4.78, 5) is 5.29. The minimum atomic E-state index is -2.56. The fourth-order valence-electron chi connectivity index (χ4n) is 3.51. The van der Waals surface area contributed by atoms with E-state index < -0.39 is 12.6 Å². The summed E-state index contributed by atoms with van der Waals surface area (Å²) >= 11 is 9.90. The maximum Gasteiger partial charge on any atom is 0.277 e. The molecule has 0 saturated carbocycles. The minimum absolute atomic E-state index is 0.0916. The van der Waals surface area contributed by atoms with Crippen LogP contribution in [0, 0.1) is 6.92 Å². The Hall–Kier alpha value is -1.36. The molecule has 2 unspecified atom stereocenters. The maximum absolute atomic E-state index is 13.6. The van der Waals surface area contributed by atoms with Crippen molar-refractivity contribution in [1.82, 2.24) is 14.8 Å². The molecular formula is C19H19ClF2IN6PS. The molecule has 4 rings (SSSR count). The summed E-state index contributed by atoms with van der Waals surface area (Å²) in [7, 11) is 1.90. The smallest absolute Gasteiger partial charge is 0.277 e. The van der Waals surface area contributed by atoms with Crippen LogP contribution in [0.3, 0.4) is 0 Å². The number of thioether (sulfide) groups is 1. The molecule has 2 atom stereocenters. The van der Waals surface area contributed by atoms with E-state index in [2.05, 4.69) is 48.8 Å². The summed E-state index contributed by atoms with van der Waals surface area (Å²) in [5.41, 5.74) is 5.01. The molecule has 0 bridgehead atoms. The molecule has 3 aromatic rings. The highest BCUT2D eigenvalue weighted by Gasteiger charge is 2.38. The van der Waals surface area contributed by atoms with Crippen molar-refractivity contribution in [2.75, 3.05) is 21.6 Å². The van der Waals surface area contributed by atoms with E-state index in [9.17, 15) is 8.78 Å². The standard InChI is InChI=1S/C19H19ClF2IN6PS/c1-9-8-28(2)27-15(9)10-4-5-11(13(6-10)31-3)24-12-7-14(20)25-18-16(12)26-19(17(21)22)29(18)30-23/h4-8,17,19,26,30H,1-3H3,(H,24,25). The number of aromatic nitrogens is 3. The highest BCUT2D eigenvalue weighted by molar-refractivity contribution is 14.2. The number of benzene rings is 1. The molecule has 2 N–H and O–H groups in total. The van der Waals surface area contributed by atoms with E-state index in [1.807, 2.05) is 38.6 Å². The third kappa shape index (κ3) is 4.44. The van der Waals surface area contributed by atoms with Gasteiger partial charge in [-0.3, -0.25) is 4.68 Å². The predicted molar refractivity (Wildman–Crippen MR) is 136 cm³/mol. The zero-order chi connectivity index (χ0) is 22.3. The molecule has 0 spiro atoms. The van der Waals surface area contributed by atoms with Crippen molar-refractivity contribution in [3.63, 3.8) is 0 Å². The Kier molecular flexibility index (Phi) is 6.81. The summed E-state index contributed by atoms with van der Waals surface area (Å²) in [6.45, 7) is 2.03. The van der Waals surface area contributed by atoms with E-state index in [0.717, 1.165) is 27.4 Å². The summed E-state index contributed by atoms with van der Waals surface area (Å²) in [5, 5.41) is 11.1. The van der Waals surface area contributed by atoms with Gasteiger partial charge in [-0.1, -0.05) is 17.7 Å². The highest BCUT2D eigenvalue weighted by atomic mass is 127. The summed E-state index contributed by atoms with van der Waals surface area (Å²) in [6.07, 6.45) is 0.363. The van der Waals surface area contributed by atoms with Crippen LogP contribution in [0.2, 0.25) is 5.15 Å². The van der Waals surface area contributed by atoms with Crippen LogP contribution < -0.4 is 15.3 Å². The van der Waals surface area contributed by atoms with Crippen molar-refractivity contribution in [3.8, 4) is 11.3 Å². The Morgan fingerprint density at radius 3 is 2.71 bits per heavy atom. The summed E-state index contributed by atoms with van der Waals surface area (Å²) < 4.78 is 30.5. The lowest BCUT2D eigenvalue weighted by atomic mass is 10.1. The van der Waals surface area contributed by atoms with E-state index in [0.29, 0.717) is 17.2 Å². The van der Waals surface area contributed by atoms with Crippen LogP contribution in [0.25, 0.3) is 11.3 Å². The van der Waals surface area contributed by atoms with Crippen LogP contribution in [0.4, 0.5) is 31.7 Å². The van der Waals surface area contributed by atoms with Crippen LogP contribution in [-0.2, 0) is 7.05 Å².